The van der Waals surface area contributed by atoms with E-state index in [2.05, 4.69) is 10.3 Å². The molecule has 1 aromatic carbocycles. The normalized spacial score (nSPS) is 17.9. The van der Waals surface area contributed by atoms with Crippen LogP contribution in [0.25, 0.3) is 5.69 Å². The van der Waals surface area contributed by atoms with Gasteiger partial charge in [-0.05, 0) is 57.0 Å². The molecule has 10 heteroatoms. The second kappa shape index (κ2) is 10.5. The van der Waals surface area contributed by atoms with Crippen molar-refractivity contribution in [2.45, 2.75) is 37.9 Å². The Bertz CT molecular complexity index is 1020. The number of hydrogen-bond acceptors (Lipinski definition) is 5. The van der Waals surface area contributed by atoms with Gasteiger partial charge in [-0.3, -0.25) is 19.1 Å². The summed E-state index contributed by atoms with van der Waals surface area (Å²) in [5, 5.41) is 3.65. The summed E-state index contributed by atoms with van der Waals surface area (Å²) in [5.74, 6) is -0.106. The fraction of sp³-hybridized carbons (Fsp3) is 0.476. The number of nitrogens with zero attached hydrogens (tertiary/aromatic N) is 2. The second-order valence-corrected chi connectivity index (χ2v) is 8.13. The van der Waals surface area contributed by atoms with Crippen molar-refractivity contribution in [3.05, 3.63) is 61.9 Å². The van der Waals surface area contributed by atoms with Gasteiger partial charge in [-0.25, -0.2) is 4.79 Å². The maximum absolute atomic E-state index is 13.0. The van der Waals surface area contributed by atoms with E-state index < -0.39 is 11.2 Å². The van der Waals surface area contributed by atoms with Crippen molar-refractivity contribution in [3.8, 4) is 5.69 Å². The van der Waals surface area contributed by atoms with Gasteiger partial charge in [0.25, 0.3) is 11.5 Å². The maximum atomic E-state index is 13.0. The summed E-state index contributed by atoms with van der Waals surface area (Å²) < 4.78 is 7.44. The van der Waals surface area contributed by atoms with Crippen molar-refractivity contribution in [1.82, 2.24) is 19.8 Å². The van der Waals surface area contributed by atoms with E-state index >= 15 is 0 Å². The van der Waals surface area contributed by atoms with Gasteiger partial charge in [0.2, 0.25) is 0 Å². The van der Waals surface area contributed by atoms with Crippen LogP contribution in [0, 0.1) is 0 Å². The number of halogens is 2. The number of aromatic amines is 1. The minimum Gasteiger partial charge on any atom is -0.375 e. The predicted molar refractivity (Wildman–Crippen MR) is 121 cm³/mol. The molecule has 168 valence electrons. The lowest BCUT2D eigenvalue weighted by atomic mass is 10.0. The lowest BCUT2D eigenvalue weighted by molar-refractivity contribution is -0.0499. The summed E-state index contributed by atoms with van der Waals surface area (Å²) in [6.07, 6.45) is 5.56. The molecule has 2 aliphatic heterocycles. The first-order valence-corrected chi connectivity index (χ1v) is 10.7. The topological polar surface area (TPSA) is 96.4 Å². The molecule has 1 aromatic heterocycles. The van der Waals surface area contributed by atoms with E-state index in [1.807, 2.05) is 4.90 Å². The van der Waals surface area contributed by atoms with Crippen molar-refractivity contribution in [3.63, 3.8) is 0 Å². The highest BCUT2D eigenvalue weighted by atomic mass is 35.5. The van der Waals surface area contributed by atoms with Crippen LogP contribution in [0.3, 0.4) is 0 Å². The molecular formula is C21H26Cl2N4O4. The fourth-order valence-electron chi connectivity index (χ4n) is 4.02. The van der Waals surface area contributed by atoms with Gasteiger partial charge in [-0.2, -0.15) is 0 Å². The highest BCUT2D eigenvalue weighted by Crippen LogP contribution is 2.24. The number of benzene rings is 1. The third-order valence-corrected chi connectivity index (χ3v) is 6.00. The van der Waals surface area contributed by atoms with Crippen LogP contribution in [0.4, 0.5) is 0 Å². The zero-order valence-electron chi connectivity index (χ0n) is 17.0. The molecule has 1 amide bonds. The lowest BCUT2D eigenvalue weighted by Gasteiger charge is -2.35. The molecular weight excluding hydrogens is 443 g/mol. The molecule has 0 radical (unpaired) electrons. The summed E-state index contributed by atoms with van der Waals surface area (Å²) >= 11 is 6.25. The third-order valence-electron chi connectivity index (χ3n) is 5.68. The molecule has 0 spiro atoms. The van der Waals surface area contributed by atoms with Crippen molar-refractivity contribution < 1.29 is 9.53 Å². The number of amides is 1. The smallest absolute Gasteiger partial charge is 0.332 e. The lowest BCUT2D eigenvalue weighted by Crippen LogP contribution is -2.43. The summed E-state index contributed by atoms with van der Waals surface area (Å²) in [7, 11) is 0. The summed E-state index contributed by atoms with van der Waals surface area (Å²) in [5.41, 5.74) is -0.294. The molecule has 2 aliphatic rings. The SMILES string of the molecule is Cl.O=C(c1ccc(Cl)c(-n2ccc(=O)[nH]c2=O)c1)N1CCC(OC2CCNCC2)CC1. The number of hydrogen-bond donors (Lipinski definition) is 2. The van der Waals surface area contributed by atoms with Crippen molar-refractivity contribution in [2.24, 2.45) is 0 Å². The largest absolute Gasteiger partial charge is 0.375 e. The molecule has 31 heavy (non-hydrogen) atoms. The Kier molecular flexibility index (Phi) is 7.94. The van der Waals surface area contributed by atoms with E-state index in [1.165, 1.54) is 16.8 Å². The highest BCUT2D eigenvalue weighted by molar-refractivity contribution is 6.32. The average Bonchev–Trinajstić information content (AvgIpc) is 2.75. The molecule has 2 aromatic rings. The summed E-state index contributed by atoms with van der Waals surface area (Å²) in [6.45, 7) is 3.26. The van der Waals surface area contributed by atoms with Crippen LogP contribution in [-0.2, 0) is 4.74 Å². The van der Waals surface area contributed by atoms with Crippen LogP contribution in [0.5, 0.6) is 0 Å². The van der Waals surface area contributed by atoms with E-state index in [9.17, 15) is 14.4 Å². The summed E-state index contributed by atoms with van der Waals surface area (Å²) in [4.78, 5) is 40.5. The van der Waals surface area contributed by atoms with Gasteiger partial charge in [0.1, 0.15) is 0 Å². The Balaban J connectivity index is 0.00000272. The van der Waals surface area contributed by atoms with Crippen molar-refractivity contribution in [2.75, 3.05) is 26.2 Å². The minimum atomic E-state index is -0.607. The van der Waals surface area contributed by atoms with Gasteiger partial charge in [0.05, 0.1) is 22.9 Å². The summed E-state index contributed by atoms with van der Waals surface area (Å²) in [6, 6.07) is 6.07. The number of piperidine rings is 2. The van der Waals surface area contributed by atoms with Crippen molar-refractivity contribution >= 4 is 29.9 Å². The Morgan fingerprint density at radius 2 is 1.71 bits per heavy atom. The number of carbonyl (C=O) groups excluding carboxylic acids is 1. The Labute approximate surface area is 191 Å². The van der Waals surface area contributed by atoms with Crippen LogP contribution in [0.2, 0.25) is 5.02 Å². The number of H-pyrrole nitrogens is 1. The van der Waals surface area contributed by atoms with Crippen LogP contribution in [-0.4, -0.2) is 58.7 Å². The molecule has 2 saturated heterocycles. The maximum Gasteiger partial charge on any atom is 0.332 e. The van der Waals surface area contributed by atoms with Crippen LogP contribution in [0.15, 0.2) is 40.1 Å². The molecule has 2 fully saturated rings. The zero-order valence-corrected chi connectivity index (χ0v) is 18.6. The fourth-order valence-corrected chi connectivity index (χ4v) is 4.23. The standard InChI is InChI=1S/C21H25ClN4O4.ClH/c22-17-2-1-14(13-18(17)26-12-7-19(27)24-21(26)29)20(28)25-10-5-16(6-11-25)30-15-3-8-23-9-4-15;/h1-2,7,12-13,15-16,23H,3-6,8-11H2,(H,24,27,29);1H. The molecule has 0 atom stereocenters. The molecule has 8 nitrogen and oxygen atoms in total. The molecule has 0 saturated carbocycles. The first-order valence-electron chi connectivity index (χ1n) is 10.3. The zero-order chi connectivity index (χ0) is 21.1. The first kappa shape index (κ1) is 23.5. The van der Waals surface area contributed by atoms with Gasteiger partial charge in [0.15, 0.2) is 0 Å². The molecule has 0 aliphatic carbocycles. The second-order valence-electron chi connectivity index (χ2n) is 7.72. The number of rotatable bonds is 4. The van der Waals surface area contributed by atoms with Gasteiger partial charge >= 0.3 is 5.69 Å². The van der Waals surface area contributed by atoms with Gasteiger partial charge in [-0.15, -0.1) is 12.4 Å². The van der Waals surface area contributed by atoms with Gasteiger partial charge < -0.3 is 15.0 Å². The quantitative estimate of drug-likeness (QED) is 0.714. The molecule has 0 unspecified atom stereocenters. The minimum absolute atomic E-state index is 0. The van der Waals surface area contributed by atoms with E-state index in [0.29, 0.717) is 35.5 Å². The van der Waals surface area contributed by atoms with Gasteiger partial charge in [0, 0.05) is 30.9 Å². The van der Waals surface area contributed by atoms with E-state index in [0.717, 1.165) is 38.8 Å². The Hall–Kier alpha value is -2.13. The molecule has 4 rings (SSSR count). The number of likely N-dealkylation sites (tertiary alicyclic amines) is 1. The number of carbonyl (C=O) groups is 1. The van der Waals surface area contributed by atoms with E-state index in [-0.39, 0.29) is 24.4 Å². The highest BCUT2D eigenvalue weighted by Gasteiger charge is 2.27. The van der Waals surface area contributed by atoms with Crippen LogP contribution >= 0.6 is 24.0 Å². The van der Waals surface area contributed by atoms with Crippen LogP contribution in [0.1, 0.15) is 36.0 Å². The molecule has 2 N–H and O–H groups in total. The molecule has 0 bridgehead atoms. The Morgan fingerprint density at radius 1 is 1.03 bits per heavy atom. The first-order chi connectivity index (χ1) is 14.5. The Morgan fingerprint density at radius 3 is 2.39 bits per heavy atom. The van der Waals surface area contributed by atoms with Crippen LogP contribution < -0.4 is 16.6 Å². The third kappa shape index (κ3) is 5.57. The number of ether oxygens (including phenoxy) is 1. The predicted octanol–water partition coefficient (Wildman–Crippen LogP) is 1.97. The van der Waals surface area contributed by atoms with Gasteiger partial charge in [-0.1, -0.05) is 11.6 Å². The monoisotopic (exact) mass is 468 g/mol. The van der Waals surface area contributed by atoms with E-state index in [1.54, 1.807) is 18.2 Å². The number of aromatic nitrogens is 2. The van der Waals surface area contributed by atoms with Crippen molar-refractivity contribution in [1.29, 1.82) is 0 Å². The average molecular weight is 469 g/mol. The van der Waals surface area contributed by atoms with E-state index in [4.69, 9.17) is 16.3 Å². The number of nitrogens with one attached hydrogen (secondary N) is 2. The molecule has 3 heterocycles.